The first kappa shape index (κ1) is 10.1. The van der Waals surface area contributed by atoms with E-state index in [-0.39, 0.29) is 0 Å². The average molecular weight is 225 g/mol. The van der Waals surface area contributed by atoms with E-state index in [4.69, 9.17) is 0 Å². The molecule has 0 bridgehead atoms. The van der Waals surface area contributed by atoms with E-state index in [1.165, 1.54) is 16.3 Å². The number of quaternary nitrogens is 1. The van der Waals surface area contributed by atoms with Crippen LogP contribution in [0, 0.1) is 0 Å². The number of aliphatic imine (C=N–C) groups is 1. The number of hydrogen-bond acceptors (Lipinski definition) is 3. The molecule has 2 nitrogen and oxygen atoms in total. The van der Waals surface area contributed by atoms with Gasteiger partial charge in [0.2, 0.25) is 0 Å². The molecule has 0 spiro atoms. The van der Waals surface area contributed by atoms with Gasteiger partial charge in [-0.05, 0) is 6.26 Å². The second-order valence-corrected chi connectivity index (χ2v) is 4.93. The second kappa shape index (κ2) is 3.61. The molecule has 1 atom stereocenters. The highest BCUT2D eigenvalue weighted by atomic mass is 32.2. The number of thioether (sulfide) groups is 1. The van der Waals surface area contributed by atoms with Crippen LogP contribution in [0.5, 0.6) is 0 Å². The van der Waals surface area contributed by atoms with E-state index >= 15 is 0 Å². The summed E-state index contributed by atoms with van der Waals surface area (Å²) in [5, 5.41) is 0. The molecule has 0 amide bonds. The summed E-state index contributed by atoms with van der Waals surface area (Å²) < 4.78 is 0.777. The molecule has 4 heteroatoms. The monoisotopic (exact) mass is 225 g/mol. The Morgan fingerprint density at radius 3 is 2.71 bits per heavy atom. The summed E-state index contributed by atoms with van der Waals surface area (Å²) in [6.07, 6.45) is 12.4. The van der Waals surface area contributed by atoms with Gasteiger partial charge in [0, 0.05) is 19.3 Å². The molecule has 2 heterocycles. The van der Waals surface area contributed by atoms with Gasteiger partial charge in [-0.2, -0.15) is 3.89 Å². The summed E-state index contributed by atoms with van der Waals surface area (Å²) in [4.78, 5) is 5.53. The molecule has 2 aliphatic rings. The van der Waals surface area contributed by atoms with E-state index in [9.17, 15) is 0 Å². The highest BCUT2D eigenvalue weighted by Crippen LogP contribution is 2.45. The maximum absolute atomic E-state index is 4.18. The molecule has 14 heavy (non-hydrogen) atoms. The van der Waals surface area contributed by atoms with Crippen LogP contribution in [0.3, 0.4) is 0 Å². The second-order valence-electron chi connectivity index (χ2n) is 3.14. The first-order chi connectivity index (χ1) is 6.74. The molecule has 0 N–H and O–H groups in total. The highest BCUT2D eigenvalue weighted by Gasteiger charge is 2.40. The van der Waals surface area contributed by atoms with E-state index in [2.05, 4.69) is 36.7 Å². The van der Waals surface area contributed by atoms with Crippen molar-refractivity contribution in [3.8, 4) is 0 Å². The Balaban J connectivity index is 2.53. The zero-order valence-electron chi connectivity index (χ0n) is 8.52. The Bertz CT molecular complexity index is 376. The van der Waals surface area contributed by atoms with Crippen molar-refractivity contribution in [2.45, 2.75) is 6.92 Å². The van der Waals surface area contributed by atoms with E-state index < -0.39 is 0 Å². The quantitative estimate of drug-likeness (QED) is 0.529. The van der Waals surface area contributed by atoms with Gasteiger partial charge in [0.05, 0.1) is 29.3 Å². The van der Waals surface area contributed by atoms with Crippen LogP contribution in [0.15, 0.2) is 39.8 Å². The lowest BCUT2D eigenvalue weighted by atomic mass is 10.4. The van der Waals surface area contributed by atoms with Crippen molar-refractivity contribution in [1.82, 2.24) is 0 Å². The highest BCUT2D eigenvalue weighted by molar-refractivity contribution is 8.02. The summed E-state index contributed by atoms with van der Waals surface area (Å²) in [5.41, 5.74) is 2.63. The largest absolute Gasteiger partial charge is 0.253 e. The normalized spacial score (nSPS) is 29.5. The predicted octanol–water partition coefficient (Wildman–Crippen LogP) is 3.13. The zero-order chi connectivity index (χ0) is 10.2. The molecule has 2 rings (SSSR count). The van der Waals surface area contributed by atoms with Gasteiger partial charge in [0.1, 0.15) is 11.9 Å². The van der Waals surface area contributed by atoms with Crippen LogP contribution in [0.4, 0.5) is 0 Å². The van der Waals surface area contributed by atoms with Gasteiger partial charge < -0.3 is 0 Å². The molecule has 0 aliphatic carbocycles. The third kappa shape index (κ3) is 1.21. The zero-order valence-corrected chi connectivity index (χ0v) is 10.2. The Kier molecular flexibility index (Phi) is 2.60. The molecule has 0 fully saturated rings. The van der Waals surface area contributed by atoms with Crippen LogP contribution >= 0.6 is 23.7 Å². The van der Waals surface area contributed by atoms with Gasteiger partial charge in [-0.1, -0.05) is 0 Å². The average Bonchev–Trinajstić information content (AvgIpc) is 2.53. The maximum atomic E-state index is 4.18. The lowest BCUT2D eigenvalue weighted by molar-refractivity contribution is -0.640. The predicted molar refractivity (Wildman–Crippen MR) is 65.7 cm³/mol. The molecular weight excluding hydrogens is 212 g/mol. The van der Waals surface area contributed by atoms with Crippen LogP contribution in [-0.2, 0) is 0 Å². The SMILES string of the molecule is CSC1=C(C)[N+]2(SC)C=CN=CC2=C1. The molecule has 0 radical (unpaired) electrons. The number of allylic oxidation sites excluding steroid dienone is 3. The molecule has 74 valence electrons. The number of fused-ring (bicyclic) bond motifs is 1. The van der Waals surface area contributed by atoms with Crippen molar-refractivity contribution < 1.29 is 3.89 Å². The van der Waals surface area contributed by atoms with Crippen molar-refractivity contribution in [1.29, 1.82) is 0 Å². The van der Waals surface area contributed by atoms with Crippen LogP contribution in [0.25, 0.3) is 0 Å². The minimum atomic E-state index is 0.777. The number of rotatable bonds is 2. The van der Waals surface area contributed by atoms with Gasteiger partial charge in [-0.15, -0.1) is 11.8 Å². The lowest BCUT2D eigenvalue weighted by Gasteiger charge is -2.29. The molecule has 0 saturated carbocycles. The van der Waals surface area contributed by atoms with Crippen molar-refractivity contribution in [2.24, 2.45) is 4.99 Å². The van der Waals surface area contributed by atoms with E-state index in [1.807, 2.05) is 24.4 Å². The maximum Gasteiger partial charge on any atom is 0.173 e. The lowest BCUT2D eigenvalue weighted by Crippen LogP contribution is -2.31. The van der Waals surface area contributed by atoms with Crippen LogP contribution in [-0.4, -0.2) is 22.6 Å². The van der Waals surface area contributed by atoms with Gasteiger partial charge in [-0.3, -0.25) is 4.99 Å². The minimum Gasteiger partial charge on any atom is -0.253 e. The summed E-state index contributed by atoms with van der Waals surface area (Å²) in [6, 6.07) is 0. The molecule has 2 aliphatic heterocycles. The van der Waals surface area contributed by atoms with Gasteiger partial charge >= 0.3 is 0 Å². The van der Waals surface area contributed by atoms with E-state index in [0.717, 1.165) is 3.89 Å². The van der Waals surface area contributed by atoms with Crippen molar-refractivity contribution in [2.75, 3.05) is 12.5 Å². The smallest absolute Gasteiger partial charge is 0.173 e. The topological polar surface area (TPSA) is 12.4 Å². The summed E-state index contributed by atoms with van der Waals surface area (Å²) >= 11 is 3.61. The van der Waals surface area contributed by atoms with Crippen LogP contribution in [0.1, 0.15) is 6.92 Å². The molecule has 0 saturated heterocycles. The van der Waals surface area contributed by atoms with Crippen molar-refractivity contribution in [3.63, 3.8) is 0 Å². The number of hydrogen-bond donors (Lipinski definition) is 0. The summed E-state index contributed by atoms with van der Waals surface area (Å²) in [5.74, 6) is 0. The standard InChI is InChI=1S/C10H13N2S2/c1-8-10(13-2)6-9-7-11-4-5-12(8,9)14-3/h4-7H,1-3H3/q+1. The fourth-order valence-corrected chi connectivity index (χ4v) is 3.37. The Hall–Kier alpha value is -0.450. The molecule has 1 unspecified atom stereocenters. The third-order valence-electron chi connectivity index (χ3n) is 2.59. The fraction of sp³-hybridized carbons (Fsp3) is 0.300. The Morgan fingerprint density at radius 1 is 1.36 bits per heavy atom. The number of nitrogens with zero attached hydrogens (tertiary/aromatic N) is 2. The van der Waals surface area contributed by atoms with Gasteiger partial charge in [0.25, 0.3) is 0 Å². The van der Waals surface area contributed by atoms with Crippen LogP contribution in [0.2, 0.25) is 0 Å². The molecular formula is C10H13N2S2+. The fourth-order valence-electron chi connectivity index (χ4n) is 1.77. The first-order valence-electron chi connectivity index (χ1n) is 4.37. The van der Waals surface area contributed by atoms with Crippen molar-refractivity contribution in [3.05, 3.63) is 34.8 Å². The van der Waals surface area contributed by atoms with Crippen LogP contribution < -0.4 is 0 Å². The van der Waals surface area contributed by atoms with E-state index in [1.54, 1.807) is 11.8 Å². The summed E-state index contributed by atoms with van der Waals surface area (Å²) in [6.45, 7) is 2.19. The van der Waals surface area contributed by atoms with E-state index in [0.29, 0.717) is 0 Å². The molecule has 0 aromatic rings. The Morgan fingerprint density at radius 2 is 2.14 bits per heavy atom. The van der Waals surface area contributed by atoms with Crippen molar-refractivity contribution >= 4 is 29.9 Å². The third-order valence-corrected chi connectivity index (χ3v) is 4.63. The molecule has 0 aromatic carbocycles. The van der Waals surface area contributed by atoms with Gasteiger partial charge in [0.15, 0.2) is 5.70 Å². The van der Waals surface area contributed by atoms with Gasteiger partial charge in [-0.25, -0.2) is 0 Å². The summed E-state index contributed by atoms with van der Waals surface area (Å²) in [7, 11) is 0. The molecule has 0 aromatic heterocycles. The minimum absolute atomic E-state index is 0.777. The first-order valence-corrected chi connectivity index (χ1v) is 6.78. The Labute approximate surface area is 93.2 Å².